The molecule has 0 saturated heterocycles. The zero-order valence-electron chi connectivity index (χ0n) is 15.4. The summed E-state index contributed by atoms with van der Waals surface area (Å²) < 4.78 is 27.2. The second-order valence-electron chi connectivity index (χ2n) is 6.11. The second kappa shape index (κ2) is 9.84. The molecule has 0 saturated carbocycles. The second-order valence-corrected chi connectivity index (χ2v) is 7.97. The third kappa shape index (κ3) is 5.79. The molecule has 0 bridgehead atoms. The molecule has 0 heterocycles. The van der Waals surface area contributed by atoms with Crippen LogP contribution in [0.3, 0.4) is 0 Å². The molecule has 0 aliphatic heterocycles. The summed E-state index contributed by atoms with van der Waals surface area (Å²) in [5, 5.41) is 0. The summed E-state index contributed by atoms with van der Waals surface area (Å²) in [7, 11) is -3.69. The van der Waals surface area contributed by atoms with Crippen LogP contribution < -0.4 is 0 Å². The van der Waals surface area contributed by atoms with E-state index in [9.17, 15) is 8.42 Å². The van der Waals surface area contributed by atoms with Crippen LogP contribution in [0.15, 0.2) is 71.6 Å². The molecule has 0 radical (unpaired) electrons. The van der Waals surface area contributed by atoms with Crippen LogP contribution in [0.2, 0.25) is 0 Å². The van der Waals surface area contributed by atoms with Crippen molar-refractivity contribution in [1.82, 2.24) is 4.31 Å². The average Bonchev–Trinajstić information content (AvgIpc) is 2.64. The smallest absolute Gasteiger partial charge is 0.220 e. The Morgan fingerprint density at radius 1 is 1.04 bits per heavy atom. The fourth-order valence-corrected chi connectivity index (χ4v) is 3.57. The van der Waals surface area contributed by atoms with Crippen molar-refractivity contribution in [3.63, 3.8) is 0 Å². The number of rotatable bonds is 7. The highest BCUT2D eigenvalue weighted by molar-refractivity contribution is 7.89. The predicted molar refractivity (Wildman–Crippen MR) is 107 cm³/mol. The van der Waals surface area contributed by atoms with Crippen molar-refractivity contribution in [3.8, 4) is 12.0 Å². The molecule has 0 unspecified atom stereocenters. The van der Waals surface area contributed by atoms with Crippen LogP contribution in [0.25, 0.3) is 0 Å². The highest BCUT2D eigenvalue weighted by Crippen LogP contribution is 2.18. The van der Waals surface area contributed by atoms with Crippen LogP contribution in [-0.2, 0) is 16.6 Å². The molecule has 3 nitrogen and oxygen atoms in total. The fraction of sp³-hybridized carbons (Fsp3) is 0.273. The molecular formula is C22H25NO2S. The van der Waals surface area contributed by atoms with Gasteiger partial charge in [0.05, 0.1) is 11.4 Å². The topological polar surface area (TPSA) is 37.4 Å². The number of hydrogen-bond donors (Lipinski definition) is 0. The van der Waals surface area contributed by atoms with Gasteiger partial charge in [0.25, 0.3) is 10.0 Å². The summed E-state index contributed by atoms with van der Waals surface area (Å²) in [6, 6.07) is 19.1. The third-order valence-corrected chi connectivity index (χ3v) is 5.56. The molecule has 0 aliphatic rings. The summed E-state index contributed by atoms with van der Waals surface area (Å²) >= 11 is 0. The molecule has 26 heavy (non-hydrogen) atoms. The Balaban J connectivity index is 2.28. The van der Waals surface area contributed by atoms with Crippen molar-refractivity contribution in [1.29, 1.82) is 0 Å². The zero-order valence-corrected chi connectivity index (χ0v) is 16.2. The SMILES string of the molecule is CCCC/C=C/C#CN(Cc1ccccc1)S(=O)(=O)c1ccc(C)cc1. The van der Waals surface area contributed by atoms with Gasteiger partial charge in [0.15, 0.2) is 0 Å². The fourth-order valence-electron chi connectivity index (χ4n) is 2.34. The van der Waals surface area contributed by atoms with Gasteiger partial charge in [0.1, 0.15) is 0 Å². The minimum atomic E-state index is -3.69. The van der Waals surface area contributed by atoms with E-state index in [1.54, 1.807) is 30.3 Å². The molecule has 0 aliphatic carbocycles. The zero-order chi connectivity index (χ0) is 18.8. The highest BCUT2D eigenvalue weighted by Gasteiger charge is 2.22. The number of allylic oxidation sites excluding steroid dienone is 2. The molecule has 2 aromatic rings. The Kier molecular flexibility index (Phi) is 7.50. The maximum absolute atomic E-state index is 13.0. The lowest BCUT2D eigenvalue weighted by Gasteiger charge is -2.18. The van der Waals surface area contributed by atoms with Gasteiger partial charge >= 0.3 is 0 Å². The van der Waals surface area contributed by atoms with E-state index in [-0.39, 0.29) is 11.4 Å². The van der Waals surface area contributed by atoms with Crippen molar-refractivity contribution >= 4 is 10.0 Å². The molecule has 0 N–H and O–H groups in total. The molecule has 0 amide bonds. The lowest BCUT2D eigenvalue weighted by molar-refractivity contribution is 0.508. The minimum absolute atomic E-state index is 0.215. The number of unbranched alkanes of at least 4 members (excludes halogenated alkanes) is 2. The highest BCUT2D eigenvalue weighted by atomic mass is 32.2. The number of nitrogens with zero attached hydrogens (tertiary/aromatic N) is 1. The van der Waals surface area contributed by atoms with E-state index in [4.69, 9.17) is 0 Å². The first-order valence-corrected chi connectivity index (χ1v) is 10.3. The first kappa shape index (κ1) is 19.8. The maximum atomic E-state index is 13.0. The van der Waals surface area contributed by atoms with Gasteiger partial charge in [-0.15, -0.1) is 0 Å². The normalized spacial score (nSPS) is 11.2. The van der Waals surface area contributed by atoms with Crippen LogP contribution in [0.4, 0.5) is 0 Å². The van der Waals surface area contributed by atoms with Crippen LogP contribution in [-0.4, -0.2) is 12.7 Å². The molecule has 2 aromatic carbocycles. The summed E-state index contributed by atoms with van der Waals surface area (Å²) in [6.45, 7) is 4.28. The van der Waals surface area contributed by atoms with E-state index >= 15 is 0 Å². The van der Waals surface area contributed by atoms with Crippen molar-refractivity contribution in [3.05, 3.63) is 77.9 Å². The van der Waals surface area contributed by atoms with Crippen molar-refractivity contribution in [2.75, 3.05) is 0 Å². The van der Waals surface area contributed by atoms with Crippen molar-refractivity contribution < 1.29 is 8.42 Å². The van der Waals surface area contributed by atoms with Crippen LogP contribution in [0.1, 0.15) is 37.3 Å². The summed E-state index contributed by atoms with van der Waals surface area (Å²) in [4.78, 5) is 0.253. The van der Waals surface area contributed by atoms with Gasteiger partial charge in [-0.3, -0.25) is 0 Å². The van der Waals surface area contributed by atoms with Crippen molar-refractivity contribution in [2.24, 2.45) is 0 Å². The van der Waals surface area contributed by atoms with Gasteiger partial charge in [-0.1, -0.05) is 79.8 Å². The van der Waals surface area contributed by atoms with E-state index < -0.39 is 10.0 Å². The largest absolute Gasteiger partial charge is 0.271 e. The van der Waals surface area contributed by atoms with E-state index in [2.05, 4.69) is 18.9 Å². The predicted octanol–water partition coefficient (Wildman–Crippen LogP) is 4.89. The molecule has 0 spiro atoms. The Hall–Kier alpha value is -2.51. The van der Waals surface area contributed by atoms with Gasteiger partial charge < -0.3 is 0 Å². The standard InChI is InChI=1S/C22H25NO2S/c1-3-4-5-6-7-11-18-23(19-21-12-9-8-10-13-21)26(24,25)22-16-14-20(2)15-17-22/h6-10,12-17H,3-5,19H2,1-2H3/b7-6+. The molecule has 0 atom stereocenters. The average molecular weight is 368 g/mol. The summed E-state index contributed by atoms with van der Waals surface area (Å²) in [5.74, 6) is 2.87. The number of hydrogen-bond acceptors (Lipinski definition) is 2. The van der Waals surface area contributed by atoms with Gasteiger partial charge in [-0.2, -0.15) is 0 Å². The maximum Gasteiger partial charge on any atom is 0.271 e. The molecule has 4 heteroatoms. The summed E-state index contributed by atoms with van der Waals surface area (Å²) in [6.07, 6.45) is 6.90. The number of sulfonamides is 1. The van der Waals surface area contributed by atoms with Gasteiger partial charge in [-0.05, 0) is 37.1 Å². The Morgan fingerprint density at radius 2 is 1.73 bits per heavy atom. The van der Waals surface area contributed by atoms with E-state index in [1.165, 1.54) is 4.31 Å². The quantitative estimate of drug-likeness (QED) is 0.397. The van der Waals surface area contributed by atoms with Crippen LogP contribution >= 0.6 is 0 Å². The molecule has 0 aromatic heterocycles. The molecular weight excluding hydrogens is 342 g/mol. The first-order chi connectivity index (χ1) is 12.5. The Labute approximate surface area is 157 Å². The van der Waals surface area contributed by atoms with Gasteiger partial charge in [0.2, 0.25) is 0 Å². The van der Waals surface area contributed by atoms with E-state index in [1.807, 2.05) is 43.3 Å². The van der Waals surface area contributed by atoms with Crippen LogP contribution in [0, 0.1) is 18.9 Å². The summed E-state index contributed by atoms with van der Waals surface area (Å²) in [5.41, 5.74) is 1.91. The Morgan fingerprint density at radius 3 is 2.38 bits per heavy atom. The lowest BCUT2D eigenvalue weighted by Crippen LogP contribution is -2.26. The molecule has 136 valence electrons. The number of benzene rings is 2. The van der Waals surface area contributed by atoms with Crippen molar-refractivity contribution in [2.45, 2.75) is 44.6 Å². The van der Waals surface area contributed by atoms with Gasteiger partial charge in [0, 0.05) is 6.04 Å². The lowest BCUT2D eigenvalue weighted by atomic mass is 10.2. The molecule has 2 rings (SSSR count). The van der Waals surface area contributed by atoms with E-state index in [0.717, 1.165) is 30.4 Å². The Bertz CT molecular complexity index is 873. The van der Waals surface area contributed by atoms with E-state index in [0.29, 0.717) is 0 Å². The first-order valence-electron chi connectivity index (χ1n) is 8.83. The van der Waals surface area contributed by atoms with Crippen LogP contribution in [0.5, 0.6) is 0 Å². The van der Waals surface area contributed by atoms with Gasteiger partial charge in [-0.25, -0.2) is 12.7 Å². The third-order valence-electron chi connectivity index (χ3n) is 3.89. The minimum Gasteiger partial charge on any atom is -0.220 e. The monoisotopic (exact) mass is 367 g/mol. The molecule has 0 fully saturated rings. The number of aryl methyl sites for hydroxylation is 1.